The lowest BCUT2D eigenvalue weighted by atomic mass is 10.1. The summed E-state index contributed by atoms with van der Waals surface area (Å²) >= 11 is 3.06. The van der Waals surface area contributed by atoms with E-state index in [9.17, 15) is 20.2 Å². The molecule has 17 heavy (non-hydrogen) atoms. The molecule has 0 fully saturated rings. The van der Waals surface area contributed by atoms with Crippen LogP contribution >= 0.6 is 15.9 Å². The molecule has 92 valence electrons. The topological polar surface area (TPSA) is 86.3 Å². The molecule has 0 amide bonds. The number of nitro groups is 2. The van der Waals surface area contributed by atoms with Crippen molar-refractivity contribution in [2.24, 2.45) is 0 Å². The lowest BCUT2D eigenvalue weighted by Crippen LogP contribution is -1.99. The third kappa shape index (κ3) is 3.23. The first-order valence-electron chi connectivity index (χ1n) is 5.08. The third-order valence-electron chi connectivity index (χ3n) is 2.34. The van der Waals surface area contributed by atoms with Gasteiger partial charge in [-0.2, -0.15) is 0 Å². The maximum atomic E-state index is 10.8. The highest BCUT2D eigenvalue weighted by Crippen LogP contribution is 2.33. The van der Waals surface area contributed by atoms with Crippen molar-refractivity contribution in [1.29, 1.82) is 0 Å². The number of unbranched alkanes of at least 4 members (excludes halogenated alkanes) is 1. The van der Waals surface area contributed by atoms with E-state index in [2.05, 4.69) is 15.9 Å². The maximum Gasteiger partial charge on any atom is 0.290 e. The Labute approximate surface area is 106 Å². The molecular formula is C10H11BrN2O4. The molecule has 0 heterocycles. The van der Waals surface area contributed by atoms with Crippen molar-refractivity contribution in [3.05, 3.63) is 42.4 Å². The van der Waals surface area contributed by atoms with E-state index in [0.717, 1.165) is 18.9 Å². The molecule has 1 aromatic carbocycles. The van der Waals surface area contributed by atoms with Crippen LogP contribution in [0.2, 0.25) is 0 Å². The van der Waals surface area contributed by atoms with Gasteiger partial charge in [0.1, 0.15) is 0 Å². The van der Waals surface area contributed by atoms with Gasteiger partial charge in [0.25, 0.3) is 11.4 Å². The summed E-state index contributed by atoms with van der Waals surface area (Å²) < 4.78 is 0.277. The molecule has 0 unspecified atom stereocenters. The van der Waals surface area contributed by atoms with Gasteiger partial charge in [-0.25, -0.2) is 0 Å². The lowest BCUT2D eigenvalue weighted by Gasteiger charge is -2.03. The fourth-order valence-electron chi connectivity index (χ4n) is 1.47. The number of hydrogen-bond donors (Lipinski definition) is 0. The first kappa shape index (κ1) is 13.6. The molecule has 0 aliphatic heterocycles. The van der Waals surface area contributed by atoms with Crippen molar-refractivity contribution < 1.29 is 9.85 Å². The van der Waals surface area contributed by atoms with Gasteiger partial charge in [0.2, 0.25) is 0 Å². The highest BCUT2D eigenvalue weighted by molar-refractivity contribution is 9.10. The fraction of sp³-hybridized carbons (Fsp3) is 0.400. The molecule has 0 aromatic heterocycles. The SMILES string of the molecule is CCCCc1cc(Br)c([N+](=O)[O-])cc1[N+](=O)[O-]. The third-order valence-corrected chi connectivity index (χ3v) is 2.98. The molecule has 0 radical (unpaired) electrons. The molecule has 0 saturated heterocycles. The summed E-state index contributed by atoms with van der Waals surface area (Å²) in [4.78, 5) is 20.3. The van der Waals surface area contributed by atoms with E-state index < -0.39 is 9.85 Å². The standard InChI is InChI=1S/C10H11BrN2O4/c1-2-3-4-7-5-8(11)10(13(16)17)6-9(7)12(14)15/h5-6H,2-4H2,1H3. The van der Waals surface area contributed by atoms with Gasteiger partial charge in [0.05, 0.1) is 20.4 Å². The van der Waals surface area contributed by atoms with Crippen LogP contribution in [0.15, 0.2) is 16.6 Å². The van der Waals surface area contributed by atoms with Crippen LogP contribution in [0.25, 0.3) is 0 Å². The number of hydrogen-bond acceptors (Lipinski definition) is 4. The first-order valence-corrected chi connectivity index (χ1v) is 5.87. The fourth-order valence-corrected chi connectivity index (χ4v) is 2.00. The van der Waals surface area contributed by atoms with Gasteiger partial charge in [-0.15, -0.1) is 0 Å². The molecule has 0 aliphatic rings. The van der Waals surface area contributed by atoms with Gasteiger partial charge in [-0.05, 0) is 34.8 Å². The van der Waals surface area contributed by atoms with Crippen molar-refractivity contribution in [1.82, 2.24) is 0 Å². The summed E-state index contributed by atoms with van der Waals surface area (Å²) in [6.45, 7) is 1.98. The zero-order valence-electron chi connectivity index (χ0n) is 9.18. The number of rotatable bonds is 5. The normalized spacial score (nSPS) is 10.2. The van der Waals surface area contributed by atoms with Crippen LogP contribution in [0.1, 0.15) is 25.3 Å². The molecular weight excluding hydrogens is 292 g/mol. The Morgan fingerprint density at radius 2 is 1.76 bits per heavy atom. The molecule has 1 rings (SSSR count). The van der Waals surface area contributed by atoms with Crippen LogP contribution in [-0.4, -0.2) is 9.85 Å². The van der Waals surface area contributed by atoms with Gasteiger partial charge < -0.3 is 0 Å². The molecule has 0 aliphatic carbocycles. The van der Waals surface area contributed by atoms with E-state index in [4.69, 9.17) is 0 Å². The number of aryl methyl sites for hydroxylation is 1. The minimum atomic E-state index is -0.638. The minimum absolute atomic E-state index is 0.187. The number of halogens is 1. The summed E-state index contributed by atoms with van der Waals surface area (Å²) in [5.74, 6) is 0. The maximum absolute atomic E-state index is 10.8. The first-order chi connectivity index (χ1) is 7.97. The Morgan fingerprint density at radius 3 is 2.24 bits per heavy atom. The molecule has 0 spiro atoms. The van der Waals surface area contributed by atoms with Crippen molar-refractivity contribution in [2.75, 3.05) is 0 Å². The van der Waals surface area contributed by atoms with Crippen LogP contribution in [0.5, 0.6) is 0 Å². The van der Waals surface area contributed by atoms with Crippen molar-refractivity contribution >= 4 is 27.3 Å². The Balaban J connectivity index is 3.25. The van der Waals surface area contributed by atoms with E-state index in [1.807, 2.05) is 6.92 Å². The van der Waals surface area contributed by atoms with Crippen molar-refractivity contribution in [3.63, 3.8) is 0 Å². The van der Waals surface area contributed by atoms with E-state index in [0.29, 0.717) is 12.0 Å². The van der Waals surface area contributed by atoms with E-state index in [-0.39, 0.29) is 15.8 Å². The zero-order valence-corrected chi connectivity index (χ0v) is 10.8. The quantitative estimate of drug-likeness (QED) is 0.614. The smallest absolute Gasteiger partial charge is 0.258 e. The molecule has 0 saturated carbocycles. The largest absolute Gasteiger partial charge is 0.290 e. The minimum Gasteiger partial charge on any atom is -0.258 e. The highest BCUT2D eigenvalue weighted by Gasteiger charge is 2.22. The Hall–Kier alpha value is -1.50. The van der Waals surface area contributed by atoms with Crippen molar-refractivity contribution in [2.45, 2.75) is 26.2 Å². The summed E-state index contributed by atoms with van der Waals surface area (Å²) in [5, 5.41) is 21.5. The van der Waals surface area contributed by atoms with E-state index in [1.165, 1.54) is 6.07 Å². The summed E-state index contributed by atoms with van der Waals surface area (Å²) in [7, 11) is 0. The monoisotopic (exact) mass is 302 g/mol. The second-order valence-corrected chi connectivity index (χ2v) is 4.40. The van der Waals surface area contributed by atoms with E-state index >= 15 is 0 Å². The van der Waals surface area contributed by atoms with Crippen molar-refractivity contribution in [3.8, 4) is 0 Å². The van der Waals surface area contributed by atoms with Crippen LogP contribution in [0, 0.1) is 20.2 Å². The molecule has 1 aromatic rings. The van der Waals surface area contributed by atoms with Gasteiger partial charge in [-0.3, -0.25) is 20.2 Å². The Bertz CT molecular complexity index is 462. The van der Waals surface area contributed by atoms with Gasteiger partial charge in [-0.1, -0.05) is 13.3 Å². The summed E-state index contributed by atoms with van der Waals surface area (Å²) in [6, 6.07) is 2.47. The summed E-state index contributed by atoms with van der Waals surface area (Å²) in [6.07, 6.45) is 2.26. The molecule has 6 nitrogen and oxygen atoms in total. The Morgan fingerprint density at radius 1 is 1.18 bits per heavy atom. The number of benzene rings is 1. The van der Waals surface area contributed by atoms with Crippen LogP contribution in [0.4, 0.5) is 11.4 Å². The van der Waals surface area contributed by atoms with E-state index in [1.54, 1.807) is 0 Å². The molecule has 0 N–H and O–H groups in total. The van der Waals surface area contributed by atoms with Crippen LogP contribution in [0.3, 0.4) is 0 Å². The molecule has 7 heteroatoms. The summed E-state index contributed by atoms with van der Waals surface area (Å²) in [5.41, 5.74) is 0.0552. The number of nitrogens with zero attached hydrogens (tertiary/aromatic N) is 2. The second-order valence-electron chi connectivity index (χ2n) is 3.55. The number of nitro benzene ring substituents is 2. The van der Waals surface area contributed by atoms with Gasteiger partial charge in [0, 0.05) is 5.56 Å². The average molecular weight is 303 g/mol. The van der Waals surface area contributed by atoms with Gasteiger partial charge >= 0.3 is 0 Å². The highest BCUT2D eigenvalue weighted by atomic mass is 79.9. The van der Waals surface area contributed by atoms with Gasteiger partial charge in [0.15, 0.2) is 0 Å². The zero-order chi connectivity index (χ0) is 13.0. The lowest BCUT2D eigenvalue weighted by molar-refractivity contribution is -0.395. The predicted molar refractivity (Wildman–Crippen MR) is 66.1 cm³/mol. The predicted octanol–water partition coefficient (Wildman–Crippen LogP) is 3.61. The molecule has 0 atom stereocenters. The van der Waals surface area contributed by atoms with Crippen LogP contribution < -0.4 is 0 Å². The molecule has 0 bridgehead atoms. The Kier molecular flexibility index (Phi) is 4.56. The second kappa shape index (κ2) is 5.72. The average Bonchev–Trinajstić information content (AvgIpc) is 2.25. The van der Waals surface area contributed by atoms with Crippen LogP contribution in [-0.2, 0) is 6.42 Å².